The number of carbonyl (C=O) groups is 4. The fourth-order valence-electron chi connectivity index (χ4n) is 9.05. The lowest BCUT2D eigenvalue weighted by atomic mass is 9.83. The van der Waals surface area contributed by atoms with Gasteiger partial charge in [-0.2, -0.15) is 0 Å². The lowest BCUT2D eigenvalue weighted by Crippen LogP contribution is -2.52. The van der Waals surface area contributed by atoms with Crippen molar-refractivity contribution >= 4 is 46.8 Å². The second-order valence-electron chi connectivity index (χ2n) is 16.1. The van der Waals surface area contributed by atoms with E-state index >= 15 is 4.39 Å². The first-order chi connectivity index (χ1) is 28.2. The van der Waals surface area contributed by atoms with E-state index in [2.05, 4.69) is 41.0 Å². The van der Waals surface area contributed by atoms with Crippen LogP contribution in [0.3, 0.4) is 0 Å². The van der Waals surface area contributed by atoms with Gasteiger partial charge in [-0.3, -0.25) is 29.5 Å². The Bertz CT molecular complexity index is 2000. The van der Waals surface area contributed by atoms with Gasteiger partial charge in [0.1, 0.15) is 17.6 Å². The number of piperazine rings is 1. The van der Waals surface area contributed by atoms with E-state index < -0.39 is 18.0 Å². The molecule has 1 atom stereocenters. The smallest absolute Gasteiger partial charge is 0.414 e. The molecule has 308 valence electrons. The minimum Gasteiger partial charge on any atom is -0.449 e. The average Bonchev–Trinajstić information content (AvgIpc) is 3.24. The zero-order valence-electron chi connectivity index (χ0n) is 32.6. The van der Waals surface area contributed by atoms with Crippen LogP contribution in [0, 0.1) is 17.6 Å². The maximum Gasteiger partial charge on any atom is 0.414 e. The molecular formula is C42H51F2N9O5. The molecule has 0 bridgehead atoms. The Morgan fingerprint density at radius 1 is 0.828 bits per heavy atom. The molecule has 3 aromatic rings. The number of rotatable bonds is 10. The quantitative estimate of drug-likeness (QED) is 0.200. The van der Waals surface area contributed by atoms with Crippen molar-refractivity contribution in [3.05, 3.63) is 60.3 Å². The van der Waals surface area contributed by atoms with Crippen LogP contribution in [0.15, 0.2) is 48.7 Å². The van der Waals surface area contributed by atoms with E-state index in [0.29, 0.717) is 67.3 Å². The molecule has 0 unspecified atom stereocenters. The Balaban J connectivity index is 0.754. The molecule has 4 amide bonds. The third-order valence-corrected chi connectivity index (χ3v) is 12.3. The van der Waals surface area contributed by atoms with Gasteiger partial charge in [-0.1, -0.05) is 12.1 Å². The van der Waals surface area contributed by atoms with Gasteiger partial charge in [-0.05, 0) is 94.5 Å². The van der Waals surface area contributed by atoms with Crippen LogP contribution in [-0.2, 0) is 19.1 Å². The highest BCUT2D eigenvalue weighted by atomic mass is 19.1. The van der Waals surface area contributed by atoms with E-state index in [9.17, 15) is 23.6 Å². The molecule has 1 aromatic heterocycles. The summed E-state index contributed by atoms with van der Waals surface area (Å²) < 4.78 is 35.3. The van der Waals surface area contributed by atoms with Gasteiger partial charge < -0.3 is 25.6 Å². The van der Waals surface area contributed by atoms with Crippen molar-refractivity contribution in [3.8, 4) is 11.3 Å². The Kier molecular flexibility index (Phi) is 12.0. The summed E-state index contributed by atoms with van der Waals surface area (Å²) in [6, 6.07) is 12.0. The SMILES string of the molecule is O=C1CC[C@@H](Nc2ccc(N3CCN(C4CCC(C(=O)NC5CCC(Nc6ncc(F)c(-c7cccc(N8CCCOC8=O)c7)n6)CC5)CC4)CC3)c(F)c2)C(=O)N1. The number of hydrogen-bond donors (Lipinski definition) is 4. The van der Waals surface area contributed by atoms with Gasteiger partial charge in [-0.25, -0.2) is 23.5 Å². The molecule has 0 radical (unpaired) electrons. The Labute approximate surface area is 336 Å². The fourth-order valence-corrected chi connectivity index (χ4v) is 9.05. The summed E-state index contributed by atoms with van der Waals surface area (Å²) in [6.45, 7) is 3.98. The van der Waals surface area contributed by atoms with Gasteiger partial charge >= 0.3 is 6.09 Å². The maximum absolute atomic E-state index is 15.2. The van der Waals surface area contributed by atoms with Crippen LogP contribution in [0.4, 0.5) is 36.6 Å². The van der Waals surface area contributed by atoms with Crippen molar-refractivity contribution in [3.63, 3.8) is 0 Å². The van der Waals surface area contributed by atoms with Gasteiger partial charge in [0, 0.05) is 80.1 Å². The predicted molar refractivity (Wildman–Crippen MR) is 214 cm³/mol. The van der Waals surface area contributed by atoms with E-state index in [0.717, 1.165) is 70.9 Å². The average molecular weight is 800 g/mol. The summed E-state index contributed by atoms with van der Waals surface area (Å²) in [5, 5.41) is 12.1. The minimum atomic E-state index is -0.564. The summed E-state index contributed by atoms with van der Waals surface area (Å²) in [6.07, 6.45) is 9.00. The fraction of sp³-hybridized carbons (Fsp3) is 0.524. The van der Waals surface area contributed by atoms with Crippen molar-refractivity contribution in [2.75, 3.05) is 59.8 Å². The normalized spacial score (nSPS) is 25.8. The molecule has 8 rings (SSSR count). The molecule has 14 nitrogen and oxygen atoms in total. The summed E-state index contributed by atoms with van der Waals surface area (Å²) in [7, 11) is 0. The number of ether oxygens (including phenoxy) is 1. The number of nitrogens with one attached hydrogen (secondary N) is 4. The molecule has 3 saturated heterocycles. The van der Waals surface area contributed by atoms with Crippen molar-refractivity contribution in [2.45, 2.75) is 94.8 Å². The Hall–Kier alpha value is -5.38. The van der Waals surface area contributed by atoms with Crippen molar-refractivity contribution in [2.24, 2.45) is 5.92 Å². The second-order valence-corrected chi connectivity index (χ2v) is 16.1. The van der Waals surface area contributed by atoms with Crippen LogP contribution >= 0.6 is 0 Å². The summed E-state index contributed by atoms with van der Waals surface area (Å²) in [5.74, 6) is -1.10. The van der Waals surface area contributed by atoms with Crippen molar-refractivity contribution in [1.29, 1.82) is 0 Å². The highest BCUT2D eigenvalue weighted by molar-refractivity contribution is 6.01. The summed E-state index contributed by atoms with van der Waals surface area (Å²) in [4.78, 5) is 64.0. The van der Waals surface area contributed by atoms with Gasteiger partial charge in [0.25, 0.3) is 0 Å². The van der Waals surface area contributed by atoms with Crippen molar-refractivity contribution < 1.29 is 32.7 Å². The summed E-state index contributed by atoms with van der Waals surface area (Å²) in [5.41, 5.74) is 2.37. The van der Waals surface area contributed by atoms with Crippen LogP contribution in [0.25, 0.3) is 11.3 Å². The summed E-state index contributed by atoms with van der Waals surface area (Å²) >= 11 is 0. The van der Waals surface area contributed by atoms with E-state index in [4.69, 9.17) is 4.74 Å². The van der Waals surface area contributed by atoms with Crippen LogP contribution in [0.2, 0.25) is 0 Å². The third kappa shape index (κ3) is 9.16. The number of imide groups is 1. The van der Waals surface area contributed by atoms with Gasteiger partial charge in [-0.15, -0.1) is 0 Å². The zero-order valence-corrected chi connectivity index (χ0v) is 32.6. The highest BCUT2D eigenvalue weighted by Crippen LogP contribution is 2.32. The van der Waals surface area contributed by atoms with Crippen LogP contribution < -0.4 is 31.1 Å². The number of benzene rings is 2. The largest absolute Gasteiger partial charge is 0.449 e. The van der Waals surface area contributed by atoms with Crippen molar-refractivity contribution in [1.82, 2.24) is 25.5 Å². The topological polar surface area (TPSA) is 161 Å². The molecule has 0 spiro atoms. The predicted octanol–water partition coefficient (Wildman–Crippen LogP) is 5.21. The number of piperidine rings is 1. The third-order valence-electron chi connectivity index (χ3n) is 12.3. The number of amides is 4. The number of nitrogens with zero attached hydrogens (tertiary/aromatic N) is 5. The van der Waals surface area contributed by atoms with E-state index in [-0.39, 0.29) is 53.7 Å². The van der Waals surface area contributed by atoms with Gasteiger partial charge in [0.05, 0.1) is 18.5 Å². The highest BCUT2D eigenvalue weighted by Gasteiger charge is 2.33. The lowest BCUT2D eigenvalue weighted by molar-refractivity contribution is -0.133. The Morgan fingerprint density at radius 3 is 2.34 bits per heavy atom. The second kappa shape index (κ2) is 17.6. The van der Waals surface area contributed by atoms with Crippen LogP contribution in [0.5, 0.6) is 0 Å². The number of halogens is 2. The number of cyclic esters (lactones) is 1. The molecule has 5 aliphatic rings. The molecule has 5 fully saturated rings. The maximum atomic E-state index is 15.2. The van der Waals surface area contributed by atoms with E-state index in [1.807, 2.05) is 0 Å². The molecule has 58 heavy (non-hydrogen) atoms. The first-order valence-corrected chi connectivity index (χ1v) is 20.7. The first kappa shape index (κ1) is 39.4. The molecule has 2 aliphatic carbocycles. The number of aromatic nitrogens is 2. The van der Waals surface area contributed by atoms with Gasteiger partial charge in [0.15, 0.2) is 5.82 Å². The number of hydrogen-bond acceptors (Lipinski definition) is 11. The number of anilines is 4. The zero-order chi connectivity index (χ0) is 40.2. The number of carbonyl (C=O) groups excluding carboxylic acids is 4. The lowest BCUT2D eigenvalue weighted by Gasteiger charge is -2.42. The molecule has 3 aliphatic heterocycles. The van der Waals surface area contributed by atoms with E-state index in [1.165, 1.54) is 12.3 Å². The van der Waals surface area contributed by atoms with Gasteiger partial charge in [0.2, 0.25) is 23.7 Å². The molecule has 2 aromatic carbocycles. The molecular weight excluding hydrogens is 749 g/mol. The monoisotopic (exact) mass is 799 g/mol. The molecule has 2 saturated carbocycles. The molecule has 4 N–H and O–H groups in total. The van der Waals surface area contributed by atoms with Crippen LogP contribution in [0.1, 0.15) is 70.6 Å². The molecule has 16 heteroatoms. The first-order valence-electron chi connectivity index (χ1n) is 20.7. The minimum absolute atomic E-state index is 0.000112. The van der Waals surface area contributed by atoms with Crippen LogP contribution in [-0.4, -0.2) is 102 Å². The molecule has 4 heterocycles. The van der Waals surface area contributed by atoms with E-state index in [1.54, 1.807) is 41.3 Å². The standard InChI is InChI=1S/C42H51F2N9O5/c43-33-24-30(46-35-14-16-37(54)49-40(35)56)11-15-36(33)52-20-18-51(19-21-52)31-12-5-26(6-13-31)39(55)47-28-7-9-29(10-8-28)48-41-45-25-34(44)38(50-41)27-3-1-4-32(23-27)53-17-2-22-58-42(53)57/h1,3-4,11,15,23-26,28-29,31,35,46H,2,5-10,12-14,16-22H2,(H,47,55)(H,45,48,50)(H,49,54,56)/t26?,28?,29?,31?,35-/m1/s1. The Morgan fingerprint density at radius 2 is 1.60 bits per heavy atom.